The molecule has 0 unspecified atom stereocenters. The summed E-state index contributed by atoms with van der Waals surface area (Å²) in [5.41, 5.74) is 2.11. The first-order valence-corrected chi connectivity index (χ1v) is 8.70. The van der Waals surface area contributed by atoms with Crippen molar-refractivity contribution in [3.8, 4) is 0 Å². The Balaban J connectivity index is 1.84. The summed E-state index contributed by atoms with van der Waals surface area (Å²) in [5.74, 6) is 1.60. The molecule has 1 saturated carbocycles. The van der Waals surface area contributed by atoms with Gasteiger partial charge in [-0.25, -0.2) is 0 Å². The van der Waals surface area contributed by atoms with E-state index in [9.17, 15) is 4.79 Å². The normalized spacial score (nSPS) is 22.4. The second kappa shape index (κ2) is 7.77. The van der Waals surface area contributed by atoms with Gasteiger partial charge in [0.05, 0.1) is 5.69 Å². The van der Waals surface area contributed by atoms with E-state index < -0.39 is 0 Å². The fraction of sp³-hybridized carbons (Fsp3) is 0.778. The van der Waals surface area contributed by atoms with E-state index in [0.29, 0.717) is 18.1 Å². The quantitative estimate of drug-likeness (QED) is 0.749. The topological polar surface area (TPSA) is 34.9 Å². The average Bonchev–Trinajstić information content (AvgIpc) is 2.85. The molecule has 3 heteroatoms. The SMILES string of the molecule is CCCCC1CCC(C(=O)Cc2cc(C)nn2CC)CC1. The molecular formula is C18H30N2O. The smallest absolute Gasteiger partial charge is 0.141 e. The van der Waals surface area contributed by atoms with Crippen LogP contribution in [0.4, 0.5) is 0 Å². The van der Waals surface area contributed by atoms with E-state index in [1.54, 1.807) is 0 Å². The van der Waals surface area contributed by atoms with Gasteiger partial charge in [0.25, 0.3) is 0 Å². The molecule has 1 heterocycles. The van der Waals surface area contributed by atoms with Crippen LogP contribution in [0.3, 0.4) is 0 Å². The lowest BCUT2D eigenvalue weighted by Gasteiger charge is -2.27. The van der Waals surface area contributed by atoms with E-state index in [0.717, 1.165) is 36.7 Å². The first-order chi connectivity index (χ1) is 10.1. The van der Waals surface area contributed by atoms with Crippen LogP contribution in [0.15, 0.2) is 6.07 Å². The van der Waals surface area contributed by atoms with E-state index in [-0.39, 0.29) is 0 Å². The maximum atomic E-state index is 12.5. The van der Waals surface area contributed by atoms with Gasteiger partial charge in [0.2, 0.25) is 0 Å². The number of nitrogens with zero attached hydrogens (tertiary/aromatic N) is 2. The maximum absolute atomic E-state index is 12.5. The minimum absolute atomic E-state index is 0.295. The zero-order valence-electron chi connectivity index (χ0n) is 13.9. The predicted molar refractivity (Wildman–Crippen MR) is 86.3 cm³/mol. The summed E-state index contributed by atoms with van der Waals surface area (Å²) >= 11 is 0. The number of carbonyl (C=O) groups excluding carboxylic acids is 1. The Bertz CT molecular complexity index is 456. The molecule has 1 aliphatic rings. The zero-order chi connectivity index (χ0) is 15.2. The number of rotatable bonds is 7. The van der Waals surface area contributed by atoms with Gasteiger partial charge >= 0.3 is 0 Å². The highest BCUT2D eigenvalue weighted by molar-refractivity contribution is 5.83. The van der Waals surface area contributed by atoms with Gasteiger partial charge in [-0.1, -0.05) is 26.2 Å². The molecule has 1 aliphatic carbocycles. The standard InChI is InChI=1S/C18H30N2O/c1-4-6-7-15-8-10-16(11-9-15)18(21)13-17-12-14(3)19-20(17)5-2/h12,15-16H,4-11,13H2,1-3H3. The summed E-state index contributed by atoms with van der Waals surface area (Å²) in [6.07, 6.45) is 9.28. The lowest BCUT2D eigenvalue weighted by Crippen LogP contribution is -2.24. The highest BCUT2D eigenvalue weighted by atomic mass is 16.1. The van der Waals surface area contributed by atoms with Gasteiger partial charge in [0, 0.05) is 24.6 Å². The van der Waals surface area contributed by atoms with Crippen LogP contribution in [0.25, 0.3) is 0 Å². The summed E-state index contributed by atoms with van der Waals surface area (Å²) in [6, 6.07) is 2.06. The van der Waals surface area contributed by atoms with Gasteiger partial charge < -0.3 is 0 Å². The summed E-state index contributed by atoms with van der Waals surface area (Å²) in [6.45, 7) is 7.19. The average molecular weight is 290 g/mol. The number of aromatic nitrogens is 2. The molecule has 0 spiro atoms. The van der Waals surface area contributed by atoms with Crippen molar-refractivity contribution in [1.82, 2.24) is 9.78 Å². The van der Waals surface area contributed by atoms with Crippen molar-refractivity contribution >= 4 is 5.78 Å². The Morgan fingerprint density at radius 2 is 2.00 bits per heavy atom. The molecule has 2 rings (SSSR count). The molecule has 0 bridgehead atoms. The van der Waals surface area contributed by atoms with E-state index in [1.165, 1.54) is 32.1 Å². The monoisotopic (exact) mass is 290 g/mol. The third-order valence-corrected chi connectivity index (χ3v) is 4.91. The second-order valence-corrected chi connectivity index (χ2v) is 6.60. The van der Waals surface area contributed by atoms with Crippen LogP contribution >= 0.6 is 0 Å². The van der Waals surface area contributed by atoms with Gasteiger partial charge in [-0.3, -0.25) is 9.48 Å². The molecule has 0 atom stereocenters. The molecule has 21 heavy (non-hydrogen) atoms. The molecule has 0 aromatic carbocycles. The number of unbranched alkanes of at least 4 members (excludes halogenated alkanes) is 1. The molecule has 0 radical (unpaired) electrons. The Kier molecular flexibility index (Phi) is 6.01. The molecular weight excluding hydrogens is 260 g/mol. The highest BCUT2D eigenvalue weighted by Crippen LogP contribution is 2.32. The second-order valence-electron chi connectivity index (χ2n) is 6.60. The zero-order valence-corrected chi connectivity index (χ0v) is 13.9. The summed E-state index contributed by atoms with van der Waals surface area (Å²) in [4.78, 5) is 12.5. The number of aryl methyl sites for hydroxylation is 2. The van der Waals surface area contributed by atoms with Crippen LogP contribution in [-0.4, -0.2) is 15.6 Å². The van der Waals surface area contributed by atoms with E-state index >= 15 is 0 Å². The molecule has 0 saturated heterocycles. The summed E-state index contributed by atoms with van der Waals surface area (Å²) < 4.78 is 1.97. The number of Topliss-reactive ketones (excluding diaryl/α,β-unsaturated/α-hetero) is 1. The van der Waals surface area contributed by atoms with Gasteiger partial charge in [0.15, 0.2) is 0 Å². The largest absolute Gasteiger partial charge is 0.299 e. The number of ketones is 1. The Hall–Kier alpha value is -1.12. The first kappa shape index (κ1) is 16.3. The predicted octanol–water partition coefficient (Wildman–Crippen LogP) is 4.32. The molecule has 0 amide bonds. The van der Waals surface area contributed by atoms with E-state index in [4.69, 9.17) is 0 Å². The lowest BCUT2D eigenvalue weighted by atomic mass is 9.77. The van der Waals surface area contributed by atoms with Gasteiger partial charge in [-0.15, -0.1) is 0 Å². The van der Waals surface area contributed by atoms with Crippen LogP contribution in [0, 0.1) is 18.8 Å². The van der Waals surface area contributed by atoms with Crippen LogP contribution in [0.1, 0.15) is 70.2 Å². The molecule has 1 aromatic heterocycles. The minimum atomic E-state index is 0.295. The number of hydrogen-bond donors (Lipinski definition) is 0. The molecule has 118 valence electrons. The van der Waals surface area contributed by atoms with Crippen molar-refractivity contribution < 1.29 is 4.79 Å². The van der Waals surface area contributed by atoms with Crippen LogP contribution in [0.5, 0.6) is 0 Å². The summed E-state index contributed by atoms with van der Waals surface area (Å²) in [7, 11) is 0. The molecule has 1 aromatic rings. The van der Waals surface area contributed by atoms with E-state index in [2.05, 4.69) is 25.0 Å². The molecule has 1 fully saturated rings. The van der Waals surface area contributed by atoms with Crippen molar-refractivity contribution in [2.75, 3.05) is 0 Å². The Morgan fingerprint density at radius 1 is 1.29 bits per heavy atom. The van der Waals surface area contributed by atoms with Crippen molar-refractivity contribution in [3.05, 3.63) is 17.5 Å². The minimum Gasteiger partial charge on any atom is -0.299 e. The van der Waals surface area contributed by atoms with Gasteiger partial charge in [0.1, 0.15) is 5.78 Å². The number of hydrogen-bond acceptors (Lipinski definition) is 2. The molecule has 0 N–H and O–H groups in total. The maximum Gasteiger partial charge on any atom is 0.141 e. The van der Waals surface area contributed by atoms with Gasteiger partial charge in [-0.05, 0) is 51.5 Å². The van der Waals surface area contributed by atoms with Crippen LogP contribution in [-0.2, 0) is 17.8 Å². The van der Waals surface area contributed by atoms with Crippen LogP contribution < -0.4 is 0 Å². The molecule has 0 aliphatic heterocycles. The lowest BCUT2D eigenvalue weighted by molar-refractivity contribution is -0.123. The first-order valence-electron chi connectivity index (χ1n) is 8.70. The fourth-order valence-electron chi connectivity index (χ4n) is 3.60. The third kappa shape index (κ3) is 4.42. The fourth-order valence-corrected chi connectivity index (χ4v) is 3.60. The summed E-state index contributed by atoms with van der Waals surface area (Å²) in [5, 5.41) is 4.44. The Morgan fingerprint density at radius 3 is 2.62 bits per heavy atom. The van der Waals surface area contributed by atoms with Crippen molar-refractivity contribution in [2.24, 2.45) is 11.8 Å². The van der Waals surface area contributed by atoms with E-state index in [1.807, 2.05) is 11.6 Å². The van der Waals surface area contributed by atoms with Gasteiger partial charge in [-0.2, -0.15) is 5.10 Å². The van der Waals surface area contributed by atoms with Crippen molar-refractivity contribution in [3.63, 3.8) is 0 Å². The Labute approximate surface area is 129 Å². The molecule has 3 nitrogen and oxygen atoms in total. The number of carbonyl (C=O) groups is 1. The van der Waals surface area contributed by atoms with Crippen molar-refractivity contribution in [2.45, 2.75) is 78.7 Å². The van der Waals surface area contributed by atoms with Crippen molar-refractivity contribution in [1.29, 1.82) is 0 Å². The third-order valence-electron chi connectivity index (χ3n) is 4.91. The highest BCUT2D eigenvalue weighted by Gasteiger charge is 2.26. The van der Waals surface area contributed by atoms with Crippen LogP contribution in [0.2, 0.25) is 0 Å².